The fourth-order valence-electron chi connectivity index (χ4n) is 3.18. The Hall–Kier alpha value is -1.55. The number of likely N-dealkylation sites (tertiary alicyclic amines) is 1. The molecule has 0 radical (unpaired) electrons. The van der Waals surface area contributed by atoms with Crippen LogP contribution in [0.2, 0.25) is 0 Å². The Balaban J connectivity index is 1.90. The van der Waals surface area contributed by atoms with E-state index in [0.717, 1.165) is 37.5 Å². The predicted octanol–water partition coefficient (Wildman–Crippen LogP) is 3.09. The van der Waals surface area contributed by atoms with E-state index in [1.165, 1.54) is 5.52 Å². The molecule has 0 amide bonds. The zero-order valence-corrected chi connectivity index (χ0v) is 12.5. The lowest BCUT2D eigenvalue weighted by Crippen LogP contribution is -2.39. The van der Waals surface area contributed by atoms with Gasteiger partial charge in [0.25, 0.3) is 6.01 Å². The molecule has 3 rings (SSSR count). The van der Waals surface area contributed by atoms with E-state index in [-0.39, 0.29) is 0 Å². The Morgan fingerprint density at radius 1 is 1.20 bits per heavy atom. The number of para-hydroxylation sites is 2. The van der Waals surface area contributed by atoms with Crippen molar-refractivity contribution in [2.75, 3.05) is 20.2 Å². The minimum atomic E-state index is 0.493. The average molecular weight is 273 g/mol. The van der Waals surface area contributed by atoms with Crippen LogP contribution in [0.1, 0.15) is 32.7 Å². The van der Waals surface area contributed by atoms with E-state index in [1.807, 2.05) is 6.07 Å². The highest BCUT2D eigenvalue weighted by Gasteiger charge is 2.25. The van der Waals surface area contributed by atoms with Crippen LogP contribution in [0.5, 0.6) is 6.01 Å². The van der Waals surface area contributed by atoms with Crippen molar-refractivity contribution in [3.05, 3.63) is 24.3 Å². The van der Waals surface area contributed by atoms with Gasteiger partial charge in [0.05, 0.1) is 18.1 Å². The normalized spacial score (nSPS) is 18.0. The van der Waals surface area contributed by atoms with Crippen LogP contribution in [-0.4, -0.2) is 40.7 Å². The average Bonchev–Trinajstić information content (AvgIpc) is 2.85. The molecule has 1 aliphatic rings. The molecule has 1 aliphatic heterocycles. The fourth-order valence-corrected chi connectivity index (χ4v) is 3.18. The molecule has 108 valence electrons. The molecule has 0 spiro atoms. The molecule has 20 heavy (non-hydrogen) atoms. The second kappa shape index (κ2) is 5.44. The largest absolute Gasteiger partial charge is 0.468 e. The molecule has 0 unspecified atom stereocenters. The predicted molar refractivity (Wildman–Crippen MR) is 81.3 cm³/mol. The van der Waals surface area contributed by atoms with Crippen LogP contribution in [0.15, 0.2) is 24.3 Å². The van der Waals surface area contributed by atoms with Gasteiger partial charge in [-0.05, 0) is 38.8 Å². The van der Waals surface area contributed by atoms with Gasteiger partial charge >= 0.3 is 0 Å². The summed E-state index contributed by atoms with van der Waals surface area (Å²) in [6, 6.07) is 10.2. The van der Waals surface area contributed by atoms with Crippen molar-refractivity contribution < 1.29 is 4.74 Å². The first-order chi connectivity index (χ1) is 9.70. The molecule has 1 aromatic carbocycles. The molecule has 2 aromatic rings. The molecule has 4 nitrogen and oxygen atoms in total. The van der Waals surface area contributed by atoms with Gasteiger partial charge in [-0.1, -0.05) is 12.1 Å². The standard InChI is InChI=1S/C16H23N3O/c1-12(2)18-10-8-13(9-11-18)19-15-7-5-4-6-14(15)17-16(19)20-3/h4-7,12-13H,8-11H2,1-3H3. The van der Waals surface area contributed by atoms with Gasteiger partial charge in [-0.3, -0.25) is 4.57 Å². The maximum Gasteiger partial charge on any atom is 0.297 e. The number of fused-ring (bicyclic) bond motifs is 1. The molecule has 2 heterocycles. The highest BCUT2D eigenvalue weighted by molar-refractivity contribution is 5.76. The Morgan fingerprint density at radius 2 is 1.90 bits per heavy atom. The van der Waals surface area contributed by atoms with Crippen molar-refractivity contribution >= 4 is 11.0 Å². The lowest BCUT2D eigenvalue weighted by Gasteiger charge is -2.35. The number of aromatic nitrogens is 2. The van der Waals surface area contributed by atoms with E-state index >= 15 is 0 Å². The molecule has 0 bridgehead atoms. The van der Waals surface area contributed by atoms with Crippen molar-refractivity contribution in [1.29, 1.82) is 0 Å². The Bertz CT molecular complexity index is 582. The van der Waals surface area contributed by atoms with Gasteiger partial charge in [0, 0.05) is 25.2 Å². The highest BCUT2D eigenvalue weighted by Crippen LogP contribution is 2.32. The van der Waals surface area contributed by atoms with Crippen molar-refractivity contribution in [3.8, 4) is 6.01 Å². The summed E-state index contributed by atoms with van der Waals surface area (Å²) in [5.41, 5.74) is 2.21. The third kappa shape index (κ3) is 2.29. The molecule has 0 aliphatic carbocycles. The summed E-state index contributed by atoms with van der Waals surface area (Å²) in [5.74, 6) is 0. The Morgan fingerprint density at radius 3 is 2.55 bits per heavy atom. The SMILES string of the molecule is COc1nc2ccccc2n1C1CCN(C(C)C)CC1. The summed E-state index contributed by atoms with van der Waals surface area (Å²) in [6.07, 6.45) is 2.32. The van der Waals surface area contributed by atoms with Gasteiger partial charge in [-0.2, -0.15) is 4.98 Å². The van der Waals surface area contributed by atoms with E-state index in [4.69, 9.17) is 4.74 Å². The van der Waals surface area contributed by atoms with E-state index in [2.05, 4.69) is 46.5 Å². The lowest BCUT2D eigenvalue weighted by atomic mass is 10.0. The maximum atomic E-state index is 5.50. The first-order valence-corrected chi connectivity index (χ1v) is 7.45. The van der Waals surface area contributed by atoms with Gasteiger partial charge < -0.3 is 9.64 Å². The number of nitrogens with zero attached hydrogens (tertiary/aromatic N) is 3. The third-order valence-corrected chi connectivity index (χ3v) is 4.34. The summed E-state index contributed by atoms with van der Waals surface area (Å²) in [7, 11) is 1.71. The van der Waals surface area contributed by atoms with Gasteiger partial charge in [0.1, 0.15) is 0 Å². The van der Waals surface area contributed by atoms with Crippen LogP contribution >= 0.6 is 0 Å². The Kier molecular flexibility index (Phi) is 3.66. The van der Waals surface area contributed by atoms with Crippen LogP contribution in [0, 0.1) is 0 Å². The van der Waals surface area contributed by atoms with Crippen LogP contribution in [0.3, 0.4) is 0 Å². The van der Waals surface area contributed by atoms with E-state index < -0.39 is 0 Å². The quantitative estimate of drug-likeness (QED) is 0.861. The molecule has 1 aromatic heterocycles. The zero-order valence-electron chi connectivity index (χ0n) is 12.5. The monoisotopic (exact) mass is 273 g/mol. The summed E-state index contributed by atoms with van der Waals surface area (Å²) >= 11 is 0. The highest BCUT2D eigenvalue weighted by atomic mass is 16.5. The van der Waals surface area contributed by atoms with Gasteiger partial charge in [-0.25, -0.2) is 0 Å². The summed E-state index contributed by atoms with van der Waals surface area (Å²) in [5, 5.41) is 0. The smallest absolute Gasteiger partial charge is 0.297 e. The molecule has 0 N–H and O–H groups in total. The second-order valence-corrected chi connectivity index (χ2v) is 5.82. The molecule has 0 saturated carbocycles. The van der Waals surface area contributed by atoms with Gasteiger partial charge in [0.15, 0.2) is 0 Å². The first kappa shape index (κ1) is 13.4. The number of imidazole rings is 1. The summed E-state index contributed by atoms with van der Waals surface area (Å²) in [4.78, 5) is 7.13. The second-order valence-electron chi connectivity index (χ2n) is 5.82. The van der Waals surface area contributed by atoms with E-state index in [9.17, 15) is 0 Å². The third-order valence-electron chi connectivity index (χ3n) is 4.34. The zero-order chi connectivity index (χ0) is 14.1. The van der Waals surface area contributed by atoms with Crippen molar-refractivity contribution in [2.24, 2.45) is 0 Å². The summed E-state index contributed by atoms with van der Waals surface area (Å²) < 4.78 is 7.78. The molecular weight excluding hydrogens is 250 g/mol. The first-order valence-electron chi connectivity index (χ1n) is 7.45. The minimum Gasteiger partial charge on any atom is -0.468 e. The van der Waals surface area contributed by atoms with Gasteiger partial charge in [-0.15, -0.1) is 0 Å². The number of ether oxygens (including phenoxy) is 1. The van der Waals surface area contributed by atoms with Crippen molar-refractivity contribution in [3.63, 3.8) is 0 Å². The number of piperidine rings is 1. The number of hydrogen-bond donors (Lipinski definition) is 0. The fraction of sp³-hybridized carbons (Fsp3) is 0.562. The number of methoxy groups -OCH3 is 1. The molecule has 1 fully saturated rings. The molecular formula is C16H23N3O. The minimum absolute atomic E-state index is 0.493. The lowest BCUT2D eigenvalue weighted by molar-refractivity contribution is 0.149. The van der Waals surface area contributed by atoms with E-state index in [0.29, 0.717) is 12.1 Å². The van der Waals surface area contributed by atoms with Crippen molar-refractivity contribution in [1.82, 2.24) is 14.5 Å². The van der Waals surface area contributed by atoms with Gasteiger partial charge in [0.2, 0.25) is 0 Å². The summed E-state index contributed by atoms with van der Waals surface area (Å²) in [6.45, 7) is 6.84. The maximum absolute atomic E-state index is 5.50. The van der Waals surface area contributed by atoms with Crippen LogP contribution in [-0.2, 0) is 0 Å². The van der Waals surface area contributed by atoms with Crippen LogP contribution in [0.25, 0.3) is 11.0 Å². The molecule has 1 saturated heterocycles. The number of benzene rings is 1. The Labute approximate surface area is 120 Å². The van der Waals surface area contributed by atoms with Crippen LogP contribution < -0.4 is 4.74 Å². The number of hydrogen-bond acceptors (Lipinski definition) is 3. The number of rotatable bonds is 3. The van der Waals surface area contributed by atoms with E-state index in [1.54, 1.807) is 7.11 Å². The van der Waals surface area contributed by atoms with Crippen molar-refractivity contribution in [2.45, 2.75) is 38.8 Å². The topological polar surface area (TPSA) is 30.3 Å². The molecule has 0 atom stereocenters. The van der Waals surface area contributed by atoms with Crippen LogP contribution in [0.4, 0.5) is 0 Å². The molecule has 4 heteroatoms.